The largest absolute Gasteiger partial charge is 0.0833 e. The molecule has 0 N–H and O–H groups in total. The Morgan fingerprint density at radius 1 is 0.577 bits per heavy atom. The number of alkyl halides is 2. The molecule has 0 saturated heterocycles. The third kappa shape index (κ3) is 5.82. The molecular formula is C24H30Br2. The highest BCUT2D eigenvalue weighted by Crippen LogP contribution is 2.41. The third-order valence-corrected chi connectivity index (χ3v) is 8.25. The first-order valence-corrected chi connectivity index (χ1v) is 11.0. The monoisotopic (exact) mass is 476 g/mol. The molecule has 0 fully saturated rings. The summed E-state index contributed by atoms with van der Waals surface area (Å²) in [6, 6.07) is 17.6. The average Bonchev–Trinajstić information content (AvgIpc) is 2.58. The number of rotatable bonds is 4. The van der Waals surface area contributed by atoms with Crippen LogP contribution in [-0.4, -0.2) is 0 Å². The van der Waals surface area contributed by atoms with Gasteiger partial charge in [0.2, 0.25) is 0 Å². The summed E-state index contributed by atoms with van der Waals surface area (Å²) >= 11 is 7.63. The highest BCUT2D eigenvalue weighted by atomic mass is 79.9. The van der Waals surface area contributed by atoms with Gasteiger partial charge in [0.05, 0.1) is 0 Å². The van der Waals surface area contributed by atoms with E-state index >= 15 is 0 Å². The van der Waals surface area contributed by atoms with Gasteiger partial charge < -0.3 is 0 Å². The molecular weight excluding hydrogens is 448 g/mol. The maximum Gasteiger partial charge on any atom is 0.0443 e. The lowest BCUT2D eigenvalue weighted by atomic mass is 9.87. The summed E-state index contributed by atoms with van der Waals surface area (Å²) in [5, 5.41) is 0. The lowest BCUT2D eigenvalue weighted by molar-refractivity contribution is 0.407. The van der Waals surface area contributed by atoms with Gasteiger partial charge in [-0.3, -0.25) is 0 Å². The predicted molar refractivity (Wildman–Crippen MR) is 124 cm³/mol. The fraction of sp³-hybridized carbons (Fsp3) is 0.417. The minimum Gasteiger partial charge on any atom is -0.0833 e. The normalized spacial score (nSPS) is 15.2. The molecule has 0 aliphatic carbocycles. The Balaban J connectivity index is 2.08. The SMILES string of the molecule is CC(C)(C)C(Br)c1ccc(/C=C/c2ccc(C(Br)C(C)(C)C)cc2)cc1. The molecule has 0 nitrogen and oxygen atoms in total. The maximum atomic E-state index is 3.82. The molecule has 0 saturated carbocycles. The highest BCUT2D eigenvalue weighted by molar-refractivity contribution is 9.09. The summed E-state index contributed by atoms with van der Waals surface area (Å²) in [5.74, 6) is 0. The summed E-state index contributed by atoms with van der Waals surface area (Å²) < 4.78 is 0. The lowest BCUT2D eigenvalue weighted by Gasteiger charge is -2.26. The molecule has 140 valence electrons. The summed E-state index contributed by atoms with van der Waals surface area (Å²) in [6.07, 6.45) is 4.35. The fourth-order valence-electron chi connectivity index (χ4n) is 2.74. The topological polar surface area (TPSA) is 0 Å². The summed E-state index contributed by atoms with van der Waals surface area (Å²) in [7, 11) is 0. The van der Waals surface area contributed by atoms with Crippen molar-refractivity contribution in [1.29, 1.82) is 0 Å². The van der Waals surface area contributed by atoms with Gasteiger partial charge >= 0.3 is 0 Å². The molecule has 0 heterocycles. The maximum absolute atomic E-state index is 3.82. The fourth-order valence-corrected chi connectivity index (χ4v) is 3.36. The van der Waals surface area contributed by atoms with Crippen molar-refractivity contribution in [3.8, 4) is 0 Å². The van der Waals surface area contributed by atoms with E-state index < -0.39 is 0 Å². The van der Waals surface area contributed by atoms with Crippen molar-refractivity contribution in [2.75, 3.05) is 0 Å². The van der Waals surface area contributed by atoms with E-state index in [4.69, 9.17) is 0 Å². The molecule has 0 amide bonds. The molecule has 0 aliphatic heterocycles. The van der Waals surface area contributed by atoms with Crippen molar-refractivity contribution < 1.29 is 0 Å². The van der Waals surface area contributed by atoms with E-state index in [-0.39, 0.29) is 10.8 Å². The van der Waals surface area contributed by atoms with Crippen LogP contribution in [-0.2, 0) is 0 Å². The second kappa shape index (κ2) is 8.44. The van der Waals surface area contributed by atoms with E-state index in [1.165, 1.54) is 22.3 Å². The molecule has 0 aliphatic rings. The van der Waals surface area contributed by atoms with Crippen molar-refractivity contribution in [3.63, 3.8) is 0 Å². The Labute approximate surface area is 176 Å². The zero-order chi connectivity index (χ0) is 19.5. The molecule has 2 atom stereocenters. The Morgan fingerprint density at radius 3 is 1.08 bits per heavy atom. The molecule has 2 aromatic carbocycles. The first kappa shape index (κ1) is 21.4. The lowest BCUT2D eigenvalue weighted by Crippen LogP contribution is -2.12. The number of benzene rings is 2. The minimum atomic E-state index is 0.208. The van der Waals surface area contributed by atoms with E-state index in [2.05, 4.69) is 134 Å². The predicted octanol–water partition coefficient (Wildman–Crippen LogP) is 8.82. The molecule has 0 bridgehead atoms. The summed E-state index contributed by atoms with van der Waals surface area (Å²) in [4.78, 5) is 0.723. The van der Waals surface area contributed by atoms with Crippen molar-refractivity contribution in [2.45, 2.75) is 51.2 Å². The summed E-state index contributed by atoms with van der Waals surface area (Å²) in [6.45, 7) is 13.5. The van der Waals surface area contributed by atoms with Crippen LogP contribution in [0.3, 0.4) is 0 Å². The van der Waals surface area contributed by atoms with Gasteiger partial charge in [-0.1, -0.05) is 134 Å². The van der Waals surface area contributed by atoms with Gasteiger partial charge in [0.1, 0.15) is 0 Å². The molecule has 0 aromatic heterocycles. The van der Waals surface area contributed by atoms with Gasteiger partial charge in [-0.25, -0.2) is 0 Å². The van der Waals surface area contributed by atoms with Crippen LogP contribution < -0.4 is 0 Å². The molecule has 2 heteroatoms. The molecule has 2 rings (SSSR count). The third-order valence-electron chi connectivity index (χ3n) is 4.45. The van der Waals surface area contributed by atoms with Crippen molar-refractivity contribution >= 4 is 44.0 Å². The van der Waals surface area contributed by atoms with Gasteiger partial charge in [0.25, 0.3) is 0 Å². The van der Waals surface area contributed by atoms with Crippen LogP contribution in [0, 0.1) is 10.8 Å². The van der Waals surface area contributed by atoms with E-state index in [0.717, 1.165) is 0 Å². The second-order valence-corrected chi connectivity index (χ2v) is 11.0. The Bertz CT molecular complexity index is 660. The van der Waals surface area contributed by atoms with Crippen LogP contribution in [0.15, 0.2) is 48.5 Å². The first-order chi connectivity index (χ1) is 12.0. The number of hydrogen-bond donors (Lipinski definition) is 0. The van der Waals surface area contributed by atoms with Crippen LogP contribution in [0.5, 0.6) is 0 Å². The van der Waals surface area contributed by atoms with Gasteiger partial charge in [-0.2, -0.15) is 0 Å². The van der Waals surface area contributed by atoms with E-state index in [1.807, 2.05) is 0 Å². The number of hydrogen-bond acceptors (Lipinski definition) is 0. The molecule has 2 aromatic rings. The molecule has 2 unspecified atom stereocenters. The van der Waals surface area contributed by atoms with Gasteiger partial charge in [-0.15, -0.1) is 0 Å². The van der Waals surface area contributed by atoms with Gasteiger partial charge in [-0.05, 0) is 33.1 Å². The number of halogens is 2. The first-order valence-electron chi connectivity index (χ1n) is 9.14. The van der Waals surface area contributed by atoms with Gasteiger partial charge in [0.15, 0.2) is 0 Å². The van der Waals surface area contributed by atoms with Crippen molar-refractivity contribution in [3.05, 3.63) is 70.8 Å². The van der Waals surface area contributed by atoms with E-state index in [9.17, 15) is 0 Å². The smallest absolute Gasteiger partial charge is 0.0443 e. The standard InChI is InChI=1S/C24H30Br2/c1-23(2,3)21(25)19-13-9-17(10-14-19)7-8-18-11-15-20(16-12-18)22(26)24(4,5)6/h7-16,21-22H,1-6H3/b8-7+. The van der Waals surface area contributed by atoms with Crippen LogP contribution in [0.25, 0.3) is 12.2 Å². The zero-order valence-corrected chi connectivity index (χ0v) is 19.9. The van der Waals surface area contributed by atoms with Crippen LogP contribution in [0.4, 0.5) is 0 Å². The Hall–Kier alpha value is -0.860. The molecule has 26 heavy (non-hydrogen) atoms. The van der Waals surface area contributed by atoms with E-state index in [1.54, 1.807) is 0 Å². The van der Waals surface area contributed by atoms with Crippen LogP contribution in [0.1, 0.15) is 73.5 Å². The molecule has 0 radical (unpaired) electrons. The average molecular weight is 478 g/mol. The second-order valence-electron chi connectivity index (χ2n) is 9.12. The Morgan fingerprint density at radius 2 is 0.846 bits per heavy atom. The van der Waals surface area contributed by atoms with Crippen molar-refractivity contribution in [1.82, 2.24) is 0 Å². The van der Waals surface area contributed by atoms with Crippen LogP contribution in [0.2, 0.25) is 0 Å². The van der Waals surface area contributed by atoms with Gasteiger partial charge in [0, 0.05) is 9.65 Å². The highest BCUT2D eigenvalue weighted by Gasteiger charge is 2.23. The zero-order valence-electron chi connectivity index (χ0n) is 16.7. The van der Waals surface area contributed by atoms with Crippen molar-refractivity contribution in [2.24, 2.45) is 10.8 Å². The van der Waals surface area contributed by atoms with Crippen LogP contribution >= 0.6 is 31.9 Å². The van der Waals surface area contributed by atoms with E-state index in [0.29, 0.717) is 9.65 Å². The quantitative estimate of drug-likeness (QED) is 0.304. The molecule has 0 spiro atoms. The summed E-state index contributed by atoms with van der Waals surface area (Å²) in [5.41, 5.74) is 5.51. The Kier molecular flexibility index (Phi) is 6.96. The minimum absolute atomic E-state index is 0.208.